The largest absolute Gasteiger partial charge is 0.492 e. The molecule has 0 saturated carbocycles. The minimum Gasteiger partial charge on any atom is -0.492 e. The highest BCUT2D eigenvalue weighted by molar-refractivity contribution is 5.78. The van der Waals surface area contributed by atoms with Gasteiger partial charge in [-0.1, -0.05) is 0 Å². The number of hydrogen-bond acceptors (Lipinski definition) is 5. The van der Waals surface area contributed by atoms with Crippen LogP contribution in [0.5, 0.6) is 5.75 Å². The van der Waals surface area contributed by atoms with E-state index in [2.05, 4.69) is 43.9 Å². The number of ether oxygens (including phenoxy) is 1. The van der Waals surface area contributed by atoms with Crippen molar-refractivity contribution in [1.29, 1.82) is 0 Å². The summed E-state index contributed by atoms with van der Waals surface area (Å²) in [4.78, 5) is 18.6. The standard InChI is InChI=1S/C18H21N5O/c1-3-23-7-5-6-12-8-13(9-15(16(12)23)24-4-2)17-21-14-10-19-11-20-18(14)22-17/h8-11H,3-7H2,1-2H3,(H,19,20,21,22). The van der Waals surface area contributed by atoms with E-state index in [0.29, 0.717) is 6.61 Å². The van der Waals surface area contributed by atoms with Gasteiger partial charge in [0.1, 0.15) is 23.4 Å². The Morgan fingerprint density at radius 1 is 1.29 bits per heavy atom. The molecule has 3 aromatic rings. The SMILES string of the molecule is CCOc1cc(-c2nc3cncnc3[nH]2)cc2c1N(CC)CCC2. The predicted octanol–water partition coefficient (Wildman–Crippen LogP) is 3.19. The van der Waals surface area contributed by atoms with E-state index < -0.39 is 0 Å². The Balaban J connectivity index is 1.85. The zero-order chi connectivity index (χ0) is 16.5. The lowest BCUT2D eigenvalue weighted by molar-refractivity contribution is 0.339. The van der Waals surface area contributed by atoms with Gasteiger partial charge in [-0.3, -0.25) is 0 Å². The molecule has 1 aliphatic heterocycles. The Hall–Kier alpha value is -2.63. The first-order valence-corrected chi connectivity index (χ1v) is 8.51. The van der Waals surface area contributed by atoms with Gasteiger partial charge in [0, 0.05) is 18.7 Å². The topological polar surface area (TPSA) is 66.9 Å². The Morgan fingerprint density at radius 2 is 2.21 bits per heavy atom. The molecular weight excluding hydrogens is 302 g/mol. The van der Waals surface area contributed by atoms with Crippen LogP contribution in [-0.2, 0) is 6.42 Å². The number of fused-ring (bicyclic) bond motifs is 2. The minimum absolute atomic E-state index is 0.652. The summed E-state index contributed by atoms with van der Waals surface area (Å²) in [5.41, 5.74) is 5.14. The Labute approximate surface area is 140 Å². The van der Waals surface area contributed by atoms with Crippen LogP contribution in [0.25, 0.3) is 22.6 Å². The highest BCUT2D eigenvalue weighted by atomic mass is 16.5. The van der Waals surface area contributed by atoms with Crippen LogP contribution in [0.4, 0.5) is 5.69 Å². The van der Waals surface area contributed by atoms with Gasteiger partial charge in [0.05, 0.1) is 18.5 Å². The summed E-state index contributed by atoms with van der Waals surface area (Å²) >= 11 is 0. The van der Waals surface area contributed by atoms with Crippen LogP contribution < -0.4 is 9.64 Å². The maximum atomic E-state index is 5.96. The molecule has 1 aliphatic rings. The first kappa shape index (κ1) is 14.9. The number of imidazole rings is 1. The lowest BCUT2D eigenvalue weighted by atomic mass is 9.98. The number of nitrogens with one attached hydrogen (secondary N) is 1. The normalized spacial score (nSPS) is 14.0. The van der Waals surface area contributed by atoms with E-state index in [1.807, 2.05) is 6.92 Å². The van der Waals surface area contributed by atoms with Crippen molar-refractivity contribution in [3.05, 3.63) is 30.2 Å². The van der Waals surface area contributed by atoms with Gasteiger partial charge in [-0.15, -0.1) is 0 Å². The fourth-order valence-corrected chi connectivity index (χ4v) is 3.40. The molecule has 0 saturated heterocycles. The number of aromatic amines is 1. The average Bonchev–Trinajstić information content (AvgIpc) is 3.05. The highest BCUT2D eigenvalue weighted by Gasteiger charge is 2.22. The third kappa shape index (κ3) is 2.48. The summed E-state index contributed by atoms with van der Waals surface area (Å²) in [6, 6.07) is 4.31. The number of nitrogens with zero attached hydrogens (tertiary/aromatic N) is 4. The van der Waals surface area contributed by atoms with Crippen LogP contribution in [0, 0.1) is 0 Å². The predicted molar refractivity (Wildman–Crippen MR) is 94.5 cm³/mol. The molecule has 0 radical (unpaired) electrons. The van der Waals surface area contributed by atoms with E-state index >= 15 is 0 Å². The van der Waals surface area contributed by atoms with Crippen molar-refractivity contribution in [3.63, 3.8) is 0 Å². The molecule has 4 rings (SSSR count). The van der Waals surface area contributed by atoms with Gasteiger partial charge in [0.15, 0.2) is 5.65 Å². The smallest absolute Gasteiger partial charge is 0.161 e. The molecule has 6 heteroatoms. The summed E-state index contributed by atoms with van der Waals surface area (Å²) in [5.74, 6) is 1.75. The highest BCUT2D eigenvalue weighted by Crippen LogP contribution is 2.39. The lowest BCUT2D eigenvalue weighted by Gasteiger charge is -2.32. The fraction of sp³-hybridized carbons (Fsp3) is 0.389. The van der Waals surface area contributed by atoms with Crippen molar-refractivity contribution in [1.82, 2.24) is 19.9 Å². The van der Waals surface area contributed by atoms with Crippen molar-refractivity contribution >= 4 is 16.9 Å². The number of aromatic nitrogens is 4. The van der Waals surface area contributed by atoms with E-state index in [-0.39, 0.29) is 0 Å². The van der Waals surface area contributed by atoms with Crippen molar-refractivity contribution in [2.24, 2.45) is 0 Å². The van der Waals surface area contributed by atoms with E-state index in [1.54, 1.807) is 6.20 Å². The number of H-pyrrole nitrogens is 1. The van der Waals surface area contributed by atoms with Crippen molar-refractivity contribution in [2.45, 2.75) is 26.7 Å². The summed E-state index contributed by atoms with van der Waals surface area (Å²) in [6.07, 6.45) is 5.49. The lowest BCUT2D eigenvalue weighted by Crippen LogP contribution is -2.29. The third-order valence-electron chi connectivity index (χ3n) is 4.46. The number of aryl methyl sites for hydroxylation is 1. The zero-order valence-corrected chi connectivity index (χ0v) is 14.0. The molecule has 3 heterocycles. The molecule has 6 nitrogen and oxygen atoms in total. The minimum atomic E-state index is 0.652. The molecule has 0 bridgehead atoms. The maximum absolute atomic E-state index is 5.96. The Morgan fingerprint density at radius 3 is 3.00 bits per heavy atom. The van der Waals surface area contributed by atoms with Gasteiger partial charge < -0.3 is 14.6 Å². The average molecular weight is 323 g/mol. The molecule has 1 aromatic carbocycles. The molecule has 2 aromatic heterocycles. The zero-order valence-electron chi connectivity index (χ0n) is 14.0. The number of hydrogen-bond donors (Lipinski definition) is 1. The second-order valence-electron chi connectivity index (χ2n) is 5.94. The first-order valence-electron chi connectivity index (χ1n) is 8.51. The van der Waals surface area contributed by atoms with Crippen molar-refractivity contribution in [3.8, 4) is 17.1 Å². The van der Waals surface area contributed by atoms with Gasteiger partial charge in [-0.05, 0) is 44.4 Å². The second-order valence-corrected chi connectivity index (χ2v) is 5.94. The van der Waals surface area contributed by atoms with E-state index in [0.717, 1.165) is 47.8 Å². The monoisotopic (exact) mass is 323 g/mol. The van der Waals surface area contributed by atoms with Gasteiger partial charge in [0.25, 0.3) is 0 Å². The van der Waals surface area contributed by atoms with E-state index in [1.165, 1.54) is 24.0 Å². The fourth-order valence-electron chi connectivity index (χ4n) is 3.40. The van der Waals surface area contributed by atoms with Crippen LogP contribution in [0.15, 0.2) is 24.7 Å². The summed E-state index contributed by atoms with van der Waals surface area (Å²) in [6.45, 7) is 6.94. The second kappa shape index (κ2) is 6.11. The molecule has 0 atom stereocenters. The number of anilines is 1. The number of rotatable bonds is 4. The van der Waals surface area contributed by atoms with E-state index in [4.69, 9.17) is 4.74 Å². The summed E-state index contributed by atoms with van der Waals surface area (Å²) < 4.78 is 5.96. The van der Waals surface area contributed by atoms with Crippen LogP contribution in [0.3, 0.4) is 0 Å². The Bertz CT molecular complexity index is 840. The third-order valence-corrected chi connectivity index (χ3v) is 4.46. The molecule has 0 aliphatic carbocycles. The van der Waals surface area contributed by atoms with Crippen molar-refractivity contribution < 1.29 is 4.74 Å². The van der Waals surface area contributed by atoms with Gasteiger partial charge in [-0.2, -0.15) is 0 Å². The van der Waals surface area contributed by atoms with Crippen LogP contribution in [-0.4, -0.2) is 39.6 Å². The molecule has 0 unspecified atom stereocenters. The van der Waals surface area contributed by atoms with Gasteiger partial charge in [0.2, 0.25) is 0 Å². The van der Waals surface area contributed by atoms with Crippen molar-refractivity contribution in [2.75, 3.05) is 24.6 Å². The molecule has 0 spiro atoms. The summed E-state index contributed by atoms with van der Waals surface area (Å²) in [7, 11) is 0. The summed E-state index contributed by atoms with van der Waals surface area (Å²) in [5, 5.41) is 0. The quantitative estimate of drug-likeness (QED) is 0.798. The molecule has 0 amide bonds. The molecule has 1 N–H and O–H groups in total. The van der Waals surface area contributed by atoms with Gasteiger partial charge >= 0.3 is 0 Å². The number of benzene rings is 1. The molecule has 0 fully saturated rings. The Kier molecular flexibility index (Phi) is 3.80. The van der Waals surface area contributed by atoms with Crippen LogP contribution in [0.1, 0.15) is 25.8 Å². The van der Waals surface area contributed by atoms with Crippen LogP contribution >= 0.6 is 0 Å². The molecule has 24 heavy (non-hydrogen) atoms. The molecule has 124 valence electrons. The maximum Gasteiger partial charge on any atom is 0.161 e. The van der Waals surface area contributed by atoms with Gasteiger partial charge in [-0.25, -0.2) is 15.0 Å². The van der Waals surface area contributed by atoms with Crippen LogP contribution in [0.2, 0.25) is 0 Å². The molecular formula is C18H21N5O. The van der Waals surface area contributed by atoms with E-state index in [9.17, 15) is 0 Å². The first-order chi connectivity index (χ1) is 11.8.